The number of carbonyl (C=O) groups excluding carboxylic acids is 1. The van der Waals surface area contributed by atoms with Crippen molar-refractivity contribution in [3.63, 3.8) is 0 Å². The van der Waals surface area contributed by atoms with Gasteiger partial charge in [-0.25, -0.2) is 4.98 Å². The van der Waals surface area contributed by atoms with Gasteiger partial charge in [0.25, 0.3) is 0 Å². The van der Waals surface area contributed by atoms with E-state index >= 15 is 0 Å². The molecule has 1 saturated heterocycles. The quantitative estimate of drug-likeness (QED) is 0.863. The molecule has 1 aliphatic heterocycles. The normalized spacial score (nSPS) is 14.4. The van der Waals surface area contributed by atoms with Crippen molar-refractivity contribution in [3.05, 3.63) is 18.3 Å². The highest BCUT2D eigenvalue weighted by molar-refractivity contribution is 5.81. The predicted octanol–water partition coefficient (Wildman–Crippen LogP) is 1.96. The fraction of sp³-hybridized carbons (Fsp3) is 0.600. The van der Waals surface area contributed by atoms with Crippen molar-refractivity contribution in [1.29, 1.82) is 0 Å². The number of likely N-dealkylation sites (tertiary alicyclic amines) is 1. The highest BCUT2D eigenvalue weighted by Gasteiger charge is 2.19. The number of likely N-dealkylation sites (N-methyl/N-ethyl adjacent to an activating group) is 1. The van der Waals surface area contributed by atoms with Crippen LogP contribution in [0.2, 0.25) is 0 Å². The number of anilines is 2. The monoisotopic (exact) mass is 276 g/mol. The van der Waals surface area contributed by atoms with Crippen molar-refractivity contribution >= 4 is 17.4 Å². The van der Waals surface area contributed by atoms with Gasteiger partial charge < -0.3 is 15.1 Å². The zero-order valence-corrected chi connectivity index (χ0v) is 12.4. The van der Waals surface area contributed by atoms with Crippen LogP contribution in [0, 0.1) is 0 Å². The van der Waals surface area contributed by atoms with Gasteiger partial charge >= 0.3 is 0 Å². The van der Waals surface area contributed by atoms with Crippen LogP contribution >= 0.6 is 0 Å². The van der Waals surface area contributed by atoms with E-state index in [-0.39, 0.29) is 5.91 Å². The third-order valence-electron chi connectivity index (χ3n) is 3.57. The molecule has 5 heteroatoms. The van der Waals surface area contributed by atoms with Crippen LogP contribution in [0.25, 0.3) is 0 Å². The van der Waals surface area contributed by atoms with Gasteiger partial charge in [0.15, 0.2) is 0 Å². The first-order chi connectivity index (χ1) is 9.70. The first-order valence-corrected chi connectivity index (χ1v) is 7.39. The largest absolute Gasteiger partial charge is 0.370 e. The molecule has 5 nitrogen and oxygen atoms in total. The highest BCUT2D eigenvalue weighted by atomic mass is 16.2. The molecule has 110 valence electrons. The lowest BCUT2D eigenvalue weighted by atomic mass is 10.3. The number of carbonyl (C=O) groups is 1. The van der Waals surface area contributed by atoms with Crippen LogP contribution in [-0.2, 0) is 4.79 Å². The molecule has 0 radical (unpaired) electrons. The van der Waals surface area contributed by atoms with Crippen LogP contribution in [0.5, 0.6) is 0 Å². The Balaban J connectivity index is 1.93. The maximum atomic E-state index is 12.1. The van der Waals surface area contributed by atoms with E-state index in [0.29, 0.717) is 6.54 Å². The summed E-state index contributed by atoms with van der Waals surface area (Å²) in [5, 5.41) is 3.26. The van der Waals surface area contributed by atoms with Crippen molar-refractivity contribution in [2.75, 3.05) is 43.4 Å². The number of amides is 1. The number of rotatable bonds is 6. The Hall–Kier alpha value is -1.78. The van der Waals surface area contributed by atoms with E-state index in [1.807, 2.05) is 29.0 Å². The van der Waals surface area contributed by atoms with Gasteiger partial charge in [-0.15, -0.1) is 0 Å². The first kappa shape index (κ1) is 14.6. The van der Waals surface area contributed by atoms with Crippen LogP contribution in [0.3, 0.4) is 0 Å². The topological polar surface area (TPSA) is 48.5 Å². The third-order valence-corrected chi connectivity index (χ3v) is 3.57. The van der Waals surface area contributed by atoms with Crippen LogP contribution in [0.1, 0.15) is 26.2 Å². The molecule has 1 aromatic rings. The number of nitrogens with one attached hydrogen (secondary N) is 1. The highest BCUT2D eigenvalue weighted by Crippen LogP contribution is 2.16. The number of hydrogen-bond donors (Lipinski definition) is 1. The van der Waals surface area contributed by atoms with E-state index in [2.05, 4.69) is 17.2 Å². The fourth-order valence-corrected chi connectivity index (χ4v) is 2.37. The Morgan fingerprint density at radius 2 is 2.20 bits per heavy atom. The van der Waals surface area contributed by atoms with Gasteiger partial charge in [0.1, 0.15) is 5.82 Å². The summed E-state index contributed by atoms with van der Waals surface area (Å²) in [4.78, 5) is 20.4. The summed E-state index contributed by atoms with van der Waals surface area (Å²) >= 11 is 0. The molecule has 0 aromatic carbocycles. The van der Waals surface area contributed by atoms with Crippen LogP contribution < -0.4 is 10.2 Å². The second kappa shape index (κ2) is 7.12. The zero-order chi connectivity index (χ0) is 14.4. The van der Waals surface area contributed by atoms with Gasteiger partial charge in [-0.05, 0) is 25.3 Å². The molecule has 0 bridgehead atoms. The Bertz CT molecular complexity index is 443. The summed E-state index contributed by atoms with van der Waals surface area (Å²) in [6.45, 7) is 5.28. The van der Waals surface area contributed by atoms with Gasteiger partial charge in [0, 0.05) is 44.6 Å². The van der Waals surface area contributed by atoms with Crippen molar-refractivity contribution < 1.29 is 4.79 Å². The zero-order valence-electron chi connectivity index (χ0n) is 12.4. The average Bonchev–Trinajstić information content (AvgIpc) is 2.99. The maximum Gasteiger partial charge on any atom is 0.242 e. The SMILES string of the molecule is CCCNc1cc(N(C)CC(=O)N2CCCC2)ccn1. The van der Waals surface area contributed by atoms with E-state index < -0.39 is 0 Å². The molecular formula is C15H24N4O. The standard InChI is InChI=1S/C15H24N4O/c1-3-7-16-14-11-13(6-8-17-14)18(2)12-15(20)19-9-4-5-10-19/h6,8,11H,3-5,7,9-10,12H2,1-2H3,(H,16,17). The Labute approximate surface area is 121 Å². The number of nitrogens with zero attached hydrogens (tertiary/aromatic N) is 3. The minimum atomic E-state index is 0.213. The molecule has 0 unspecified atom stereocenters. The third kappa shape index (κ3) is 3.85. The smallest absolute Gasteiger partial charge is 0.242 e. The summed E-state index contributed by atoms with van der Waals surface area (Å²) in [7, 11) is 1.95. The van der Waals surface area contributed by atoms with Gasteiger partial charge in [-0.2, -0.15) is 0 Å². The van der Waals surface area contributed by atoms with Gasteiger partial charge in [-0.3, -0.25) is 4.79 Å². The van der Waals surface area contributed by atoms with Crippen LogP contribution in [0.15, 0.2) is 18.3 Å². The summed E-state index contributed by atoms with van der Waals surface area (Å²) in [6.07, 6.45) is 5.12. The lowest BCUT2D eigenvalue weighted by Gasteiger charge is -2.23. The predicted molar refractivity (Wildman–Crippen MR) is 82.1 cm³/mol. The van der Waals surface area contributed by atoms with Crippen molar-refractivity contribution in [2.45, 2.75) is 26.2 Å². The first-order valence-electron chi connectivity index (χ1n) is 7.39. The molecule has 0 atom stereocenters. The average molecular weight is 276 g/mol. The Morgan fingerprint density at radius 1 is 1.45 bits per heavy atom. The second-order valence-corrected chi connectivity index (χ2v) is 5.27. The van der Waals surface area contributed by atoms with Gasteiger partial charge in [0.2, 0.25) is 5.91 Å². The summed E-state index contributed by atoms with van der Waals surface area (Å²) in [6, 6.07) is 3.93. The second-order valence-electron chi connectivity index (χ2n) is 5.27. The molecule has 1 aliphatic rings. The molecule has 0 spiro atoms. The van der Waals surface area contributed by atoms with Crippen LogP contribution in [0.4, 0.5) is 11.5 Å². The molecule has 1 N–H and O–H groups in total. The maximum absolute atomic E-state index is 12.1. The molecule has 1 amide bonds. The number of aromatic nitrogens is 1. The fourth-order valence-electron chi connectivity index (χ4n) is 2.37. The molecular weight excluding hydrogens is 252 g/mol. The van der Waals surface area contributed by atoms with Crippen LogP contribution in [-0.4, -0.2) is 49.0 Å². The van der Waals surface area contributed by atoms with E-state index in [4.69, 9.17) is 0 Å². The summed E-state index contributed by atoms with van der Waals surface area (Å²) < 4.78 is 0. The molecule has 20 heavy (non-hydrogen) atoms. The lowest BCUT2D eigenvalue weighted by molar-refractivity contribution is -0.128. The minimum Gasteiger partial charge on any atom is -0.370 e. The van der Waals surface area contributed by atoms with E-state index in [1.54, 1.807) is 6.20 Å². The van der Waals surface area contributed by atoms with Gasteiger partial charge in [0.05, 0.1) is 6.54 Å². The summed E-state index contributed by atoms with van der Waals surface area (Å²) in [5.74, 6) is 1.08. The number of pyridine rings is 1. The van der Waals surface area contributed by atoms with Crippen molar-refractivity contribution in [3.8, 4) is 0 Å². The molecule has 0 aliphatic carbocycles. The molecule has 2 rings (SSSR count). The van der Waals surface area contributed by atoms with E-state index in [9.17, 15) is 4.79 Å². The Kier molecular flexibility index (Phi) is 5.21. The van der Waals surface area contributed by atoms with Crippen molar-refractivity contribution in [2.24, 2.45) is 0 Å². The molecule has 1 fully saturated rings. The van der Waals surface area contributed by atoms with E-state index in [0.717, 1.165) is 50.4 Å². The van der Waals surface area contributed by atoms with Crippen molar-refractivity contribution in [1.82, 2.24) is 9.88 Å². The summed E-state index contributed by atoms with van der Waals surface area (Å²) in [5.41, 5.74) is 1.02. The molecule has 2 heterocycles. The molecule has 0 saturated carbocycles. The molecule has 1 aromatic heterocycles. The van der Waals surface area contributed by atoms with E-state index in [1.165, 1.54) is 0 Å². The van der Waals surface area contributed by atoms with Gasteiger partial charge in [-0.1, -0.05) is 6.92 Å². The Morgan fingerprint density at radius 3 is 2.90 bits per heavy atom. The lowest BCUT2D eigenvalue weighted by Crippen LogP contribution is -2.37. The minimum absolute atomic E-state index is 0.213. The number of hydrogen-bond acceptors (Lipinski definition) is 4.